The summed E-state index contributed by atoms with van der Waals surface area (Å²) in [6, 6.07) is 3.18. The minimum atomic E-state index is -0.342. The van der Waals surface area contributed by atoms with Crippen molar-refractivity contribution in [2.24, 2.45) is 11.8 Å². The van der Waals surface area contributed by atoms with Gasteiger partial charge >= 0.3 is 0 Å². The fourth-order valence-electron chi connectivity index (χ4n) is 3.11. The summed E-state index contributed by atoms with van der Waals surface area (Å²) in [6.45, 7) is 1.26. The Morgan fingerprint density at radius 1 is 1.19 bits per heavy atom. The van der Waals surface area contributed by atoms with Crippen LogP contribution >= 0.6 is 11.6 Å². The minimum absolute atomic E-state index is 0.0933. The number of methoxy groups -OCH3 is 2. The van der Waals surface area contributed by atoms with Crippen molar-refractivity contribution in [3.05, 3.63) is 17.2 Å². The molecule has 3 rings (SSSR count). The van der Waals surface area contributed by atoms with E-state index in [4.69, 9.17) is 25.8 Å². The quantitative estimate of drug-likeness (QED) is 0.755. The zero-order valence-electron chi connectivity index (χ0n) is 14.8. The molecule has 0 spiro atoms. The number of hydrogen-bond acceptors (Lipinski definition) is 5. The topological polar surface area (TPSA) is 85.9 Å². The van der Waals surface area contributed by atoms with E-state index in [0.29, 0.717) is 35.2 Å². The summed E-state index contributed by atoms with van der Waals surface area (Å²) in [5.74, 6) is -0.0812. The van der Waals surface area contributed by atoms with Crippen molar-refractivity contribution in [1.82, 2.24) is 5.32 Å². The predicted octanol–water partition coefficient (Wildman–Crippen LogP) is 2.23. The van der Waals surface area contributed by atoms with Gasteiger partial charge in [-0.3, -0.25) is 9.59 Å². The molecule has 2 amide bonds. The Hall–Kier alpha value is -1.99. The lowest BCUT2D eigenvalue weighted by Crippen LogP contribution is -2.33. The maximum atomic E-state index is 12.5. The third-order valence-electron chi connectivity index (χ3n) is 4.72. The fraction of sp³-hybridized carbons (Fsp3) is 0.556. The zero-order chi connectivity index (χ0) is 18.7. The normalized spacial score (nSPS) is 24.0. The first-order valence-corrected chi connectivity index (χ1v) is 9.03. The third-order valence-corrected chi connectivity index (χ3v) is 5.02. The van der Waals surface area contributed by atoms with Crippen LogP contribution in [0.25, 0.3) is 0 Å². The van der Waals surface area contributed by atoms with E-state index in [1.165, 1.54) is 14.2 Å². The van der Waals surface area contributed by atoms with E-state index in [1.54, 1.807) is 12.1 Å². The van der Waals surface area contributed by atoms with Crippen LogP contribution in [-0.2, 0) is 14.3 Å². The van der Waals surface area contributed by atoms with Crippen molar-refractivity contribution < 1.29 is 23.8 Å². The molecule has 1 saturated heterocycles. The first-order chi connectivity index (χ1) is 12.5. The fourth-order valence-corrected chi connectivity index (χ4v) is 3.34. The molecule has 2 fully saturated rings. The first-order valence-electron chi connectivity index (χ1n) is 8.65. The van der Waals surface area contributed by atoms with Gasteiger partial charge in [0.05, 0.1) is 42.9 Å². The Balaban J connectivity index is 1.55. The van der Waals surface area contributed by atoms with Crippen LogP contribution in [-0.4, -0.2) is 45.3 Å². The molecule has 3 atom stereocenters. The van der Waals surface area contributed by atoms with Gasteiger partial charge in [-0.1, -0.05) is 11.6 Å². The van der Waals surface area contributed by atoms with Crippen molar-refractivity contribution in [3.8, 4) is 11.5 Å². The summed E-state index contributed by atoms with van der Waals surface area (Å²) in [4.78, 5) is 24.6. The standard InChI is InChI=1S/C18H23ClN2O5/c1-24-15-8-14(16(25-2)7-13(15)19)21-18(23)12-6-11(12)17(22)20-9-10-4-3-5-26-10/h7-8,10-12H,3-6,9H2,1-2H3,(H,20,22)(H,21,23). The molecule has 26 heavy (non-hydrogen) atoms. The highest BCUT2D eigenvalue weighted by Crippen LogP contribution is 2.41. The molecule has 1 saturated carbocycles. The molecule has 1 aromatic rings. The summed E-state index contributed by atoms with van der Waals surface area (Å²) in [5.41, 5.74) is 0.462. The lowest BCUT2D eigenvalue weighted by atomic mass is 10.2. The van der Waals surface area contributed by atoms with Gasteiger partial charge in [0, 0.05) is 25.3 Å². The largest absolute Gasteiger partial charge is 0.495 e. The maximum absolute atomic E-state index is 12.5. The number of carbonyl (C=O) groups is 2. The van der Waals surface area contributed by atoms with E-state index in [-0.39, 0.29) is 29.8 Å². The lowest BCUT2D eigenvalue weighted by Gasteiger charge is -2.13. The second-order valence-electron chi connectivity index (χ2n) is 6.51. The predicted molar refractivity (Wildman–Crippen MR) is 96.8 cm³/mol. The van der Waals surface area contributed by atoms with Crippen molar-refractivity contribution >= 4 is 29.1 Å². The highest BCUT2D eigenvalue weighted by Gasteiger charge is 2.48. The van der Waals surface area contributed by atoms with Crippen molar-refractivity contribution in [2.45, 2.75) is 25.4 Å². The third kappa shape index (κ3) is 4.22. The molecule has 8 heteroatoms. The number of nitrogens with one attached hydrogen (secondary N) is 2. The Morgan fingerprint density at radius 2 is 1.92 bits per heavy atom. The van der Waals surface area contributed by atoms with E-state index in [9.17, 15) is 9.59 Å². The van der Waals surface area contributed by atoms with E-state index in [1.807, 2.05) is 0 Å². The van der Waals surface area contributed by atoms with Crippen LogP contribution in [0.3, 0.4) is 0 Å². The van der Waals surface area contributed by atoms with Crippen molar-refractivity contribution in [2.75, 3.05) is 32.7 Å². The molecule has 142 valence electrons. The number of ether oxygens (including phenoxy) is 3. The van der Waals surface area contributed by atoms with Crippen LogP contribution in [0.4, 0.5) is 5.69 Å². The molecule has 2 N–H and O–H groups in total. The number of halogens is 1. The maximum Gasteiger partial charge on any atom is 0.228 e. The summed E-state index contributed by atoms with van der Waals surface area (Å²) in [7, 11) is 2.99. The summed E-state index contributed by atoms with van der Waals surface area (Å²) < 4.78 is 15.9. The van der Waals surface area contributed by atoms with Crippen LogP contribution in [0.15, 0.2) is 12.1 Å². The highest BCUT2D eigenvalue weighted by atomic mass is 35.5. The molecular weight excluding hydrogens is 360 g/mol. The Labute approximate surface area is 157 Å². The van der Waals surface area contributed by atoms with Crippen LogP contribution in [0.1, 0.15) is 19.3 Å². The molecule has 1 heterocycles. The number of amides is 2. The van der Waals surface area contributed by atoms with E-state index in [2.05, 4.69) is 10.6 Å². The highest BCUT2D eigenvalue weighted by molar-refractivity contribution is 6.32. The molecule has 1 aliphatic carbocycles. The second kappa shape index (κ2) is 8.14. The summed E-state index contributed by atoms with van der Waals surface area (Å²) >= 11 is 6.06. The van der Waals surface area contributed by atoms with Crippen molar-refractivity contribution in [1.29, 1.82) is 0 Å². The monoisotopic (exact) mass is 382 g/mol. The molecule has 0 radical (unpaired) electrons. The van der Waals surface area contributed by atoms with Gasteiger partial charge in [0.25, 0.3) is 0 Å². The van der Waals surface area contributed by atoms with Gasteiger partial charge in [-0.05, 0) is 19.3 Å². The van der Waals surface area contributed by atoms with Gasteiger partial charge in [-0.15, -0.1) is 0 Å². The Kier molecular flexibility index (Phi) is 5.88. The minimum Gasteiger partial charge on any atom is -0.495 e. The average molecular weight is 383 g/mol. The van der Waals surface area contributed by atoms with Gasteiger partial charge in [-0.2, -0.15) is 0 Å². The van der Waals surface area contributed by atoms with Crippen molar-refractivity contribution in [3.63, 3.8) is 0 Å². The lowest BCUT2D eigenvalue weighted by molar-refractivity contribution is -0.125. The molecular formula is C18H23ClN2O5. The van der Waals surface area contributed by atoms with E-state index in [0.717, 1.165) is 19.4 Å². The molecule has 1 aromatic carbocycles. The smallest absolute Gasteiger partial charge is 0.228 e. The van der Waals surface area contributed by atoms with Gasteiger partial charge in [0.2, 0.25) is 11.8 Å². The van der Waals surface area contributed by atoms with E-state index >= 15 is 0 Å². The van der Waals surface area contributed by atoms with Crippen LogP contribution in [0.2, 0.25) is 5.02 Å². The number of benzene rings is 1. The molecule has 2 aliphatic rings. The van der Waals surface area contributed by atoms with Gasteiger partial charge in [0.15, 0.2) is 0 Å². The van der Waals surface area contributed by atoms with Gasteiger partial charge in [-0.25, -0.2) is 0 Å². The Bertz CT molecular complexity index is 690. The number of rotatable bonds is 7. The average Bonchev–Trinajstić information content (AvgIpc) is 3.28. The van der Waals surface area contributed by atoms with Gasteiger partial charge < -0.3 is 24.8 Å². The molecule has 3 unspecified atom stereocenters. The second-order valence-corrected chi connectivity index (χ2v) is 6.91. The number of carbonyl (C=O) groups excluding carboxylic acids is 2. The van der Waals surface area contributed by atoms with Gasteiger partial charge in [0.1, 0.15) is 11.5 Å². The van der Waals surface area contributed by atoms with E-state index < -0.39 is 0 Å². The number of anilines is 1. The Morgan fingerprint density at radius 3 is 2.58 bits per heavy atom. The van der Waals surface area contributed by atoms with Crippen LogP contribution in [0.5, 0.6) is 11.5 Å². The molecule has 0 aromatic heterocycles. The molecule has 1 aliphatic heterocycles. The SMILES string of the molecule is COc1cc(NC(=O)C2CC2C(=O)NCC2CCCO2)c(OC)cc1Cl. The summed E-state index contributed by atoms with van der Waals surface area (Å²) in [5, 5.41) is 6.07. The molecule has 0 bridgehead atoms. The summed E-state index contributed by atoms with van der Waals surface area (Å²) in [6.07, 6.45) is 2.63. The van der Waals surface area contributed by atoms with Crippen LogP contribution < -0.4 is 20.1 Å². The first kappa shape index (κ1) is 18.8. The number of hydrogen-bond donors (Lipinski definition) is 2. The molecule has 7 nitrogen and oxygen atoms in total. The van der Waals surface area contributed by atoms with Crippen LogP contribution in [0, 0.1) is 11.8 Å². The zero-order valence-corrected chi connectivity index (χ0v) is 15.6.